The van der Waals surface area contributed by atoms with Crippen LogP contribution in [-0.4, -0.2) is 47.6 Å². The second-order valence-corrected chi connectivity index (χ2v) is 4.20. The van der Waals surface area contributed by atoms with Crippen LogP contribution in [0.15, 0.2) is 9.59 Å². The number of aliphatic hydroxyl groups is 1. The van der Waals surface area contributed by atoms with Crippen LogP contribution >= 0.6 is 0 Å². The van der Waals surface area contributed by atoms with Gasteiger partial charge in [0, 0.05) is 20.2 Å². The summed E-state index contributed by atoms with van der Waals surface area (Å²) in [5.41, 5.74) is 4.99. The molecule has 1 aliphatic rings. The molecule has 4 N–H and O–H groups in total. The van der Waals surface area contributed by atoms with E-state index in [1.54, 1.807) is 4.90 Å². The molecule has 0 aliphatic carbocycles. The molecule has 18 heavy (non-hydrogen) atoms. The molecule has 100 valence electrons. The molecule has 0 saturated carbocycles. The summed E-state index contributed by atoms with van der Waals surface area (Å²) in [5.74, 6) is 0.104. The maximum absolute atomic E-state index is 11.7. The molecule has 0 atom stereocenters. The summed E-state index contributed by atoms with van der Waals surface area (Å²) >= 11 is 0. The van der Waals surface area contributed by atoms with Crippen molar-refractivity contribution in [2.24, 2.45) is 0 Å². The first-order chi connectivity index (χ1) is 8.54. The lowest BCUT2D eigenvalue weighted by Crippen LogP contribution is -2.54. The molecule has 1 aliphatic heterocycles. The molecular weight excluding hydrogens is 240 g/mol. The zero-order valence-corrected chi connectivity index (χ0v) is 10.0. The van der Waals surface area contributed by atoms with Crippen LogP contribution in [-0.2, 0) is 11.3 Å². The second kappa shape index (κ2) is 4.83. The van der Waals surface area contributed by atoms with Crippen molar-refractivity contribution in [3.05, 3.63) is 20.8 Å². The molecule has 0 amide bonds. The maximum atomic E-state index is 11.7. The molecule has 0 bridgehead atoms. The molecule has 1 saturated heterocycles. The summed E-state index contributed by atoms with van der Waals surface area (Å²) in [6.45, 7) is 1.27. The van der Waals surface area contributed by atoms with E-state index in [0.29, 0.717) is 19.7 Å². The monoisotopic (exact) mass is 256 g/mol. The van der Waals surface area contributed by atoms with Crippen LogP contribution in [0.4, 0.5) is 11.5 Å². The Morgan fingerprint density at radius 3 is 2.72 bits per heavy atom. The van der Waals surface area contributed by atoms with Crippen LogP contribution in [0.2, 0.25) is 0 Å². The van der Waals surface area contributed by atoms with Gasteiger partial charge >= 0.3 is 5.69 Å². The number of methoxy groups -OCH3 is 1. The highest BCUT2D eigenvalue weighted by Crippen LogP contribution is 2.21. The van der Waals surface area contributed by atoms with E-state index in [1.807, 2.05) is 0 Å². The summed E-state index contributed by atoms with van der Waals surface area (Å²) in [7, 11) is 1.51. The number of hydrogen-bond acceptors (Lipinski definition) is 6. The number of aromatic nitrogens is 2. The Balaban J connectivity index is 2.40. The number of rotatable bonds is 4. The van der Waals surface area contributed by atoms with Crippen molar-refractivity contribution in [2.45, 2.75) is 12.6 Å². The fourth-order valence-electron chi connectivity index (χ4n) is 1.93. The van der Waals surface area contributed by atoms with Gasteiger partial charge in [-0.1, -0.05) is 0 Å². The molecule has 0 radical (unpaired) electrons. The molecule has 0 spiro atoms. The van der Waals surface area contributed by atoms with Crippen LogP contribution in [0.5, 0.6) is 0 Å². The number of H-pyrrole nitrogens is 1. The largest absolute Gasteiger partial charge is 0.389 e. The lowest BCUT2D eigenvalue weighted by Gasteiger charge is -2.37. The second-order valence-electron chi connectivity index (χ2n) is 4.20. The van der Waals surface area contributed by atoms with Crippen LogP contribution in [0.1, 0.15) is 0 Å². The molecule has 0 aromatic carbocycles. The Hall–Kier alpha value is -1.80. The summed E-state index contributed by atoms with van der Waals surface area (Å²) in [4.78, 5) is 27.2. The van der Waals surface area contributed by atoms with E-state index in [0.717, 1.165) is 0 Å². The zero-order chi connectivity index (χ0) is 13.3. The van der Waals surface area contributed by atoms with Crippen molar-refractivity contribution in [3.8, 4) is 0 Å². The average Bonchev–Trinajstić information content (AvgIpc) is 2.26. The number of aromatic amines is 1. The molecular formula is C10H16N4O4. The van der Waals surface area contributed by atoms with Crippen molar-refractivity contribution in [1.82, 2.24) is 9.55 Å². The highest BCUT2D eigenvalue weighted by Gasteiger charge is 2.29. The Morgan fingerprint density at radius 1 is 1.50 bits per heavy atom. The molecule has 0 unspecified atom stereocenters. The summed E-state index contributed by atoms with van der Waals surface area (Å²) in [6, 6.07) is 0. The van der Waals surface area contributed by atoms with E-state index >= 15 is 0 Å². The van der Waals surface area contributed by atoms with Gasteiger partial charge in [-0.05, 0) is 0 Å². The molecule has 8 heteroatoms. The number of nitrogen functional groups attached to an aromatic ring is 1. The van der Waals surface area contributed by atoms with Gasteiger partial charge in [0.1, 0.15) is 11.5 Å². The number of ether oxygens (including phenoxy) is 1. The predicted octanol–water partition coefficient (Wildman–Crippen LogP) is -2.05. The number of β-amino-alcohol motifs (C(OH)–C–C–N with tert-alkyl or cyclic N) is 1. The van der Waals surface area contributed by atoms with Crippen LogP contribution in [0, 0.1) is 0 Å². The van der Waals surface area contributed by atoms with E-state index in [2.05, 4.69) is 4.98 Å². The summed E-state index contributed by atoms with van der Waals surface area (Å²) in [5, 5.41) is 9.24. The lowest BCUT2D eigenvalue weighted by molar-refractivity contribution is 0.141. The fourth-order valence-corrected chi connectivity index (χ4v) is 1.93. The third kappa shape index (κ3) is 2.12. The molecule has 2 rings (SSSR count). The number of nitrogens with one attached hydrogen (secondary N) is 1. The number of hydrogen-bond donors (Lipinski definition) is 3. The topological polar surface area (TPSA) is 114 Å². The highest BCUT2D eigenvalue weighted by atomic mass is 16.5. The van der Waals surface area contributed by atoms with Gasteiger partial charge in [0.2, 0.25) is 0 Å². The Morgan fingerprint density at radius 2 is 2.17 bits per heavy atom. The normalized spacial score (nSPS) is 15.8. The number of aliphatic hydroxyl groups excluding tert-OH is 1. The molecule has 1 fully saturated rings. The van der Waals surface area contributed by atoms with Gasteiger partial charge < -0.3 is 20.5 Å². The fraction of sp³-hybridized carbons (Fsp3) is 0.600. The van der Waals surface area contributed by atoms with E-state index in [4.69, 9.17) is 10.5 Å². The summed E-state index contributed by atoms with van der Waals surface area (Å²) < 4.78 is 6.14. The van der Waals surface area contributed by atoms with Crippen LogP contribution in [0.25, 0.3) is 0 Å². The summed E-state index contributed by atoms with van der Waals surface area (Å²) in [6.07, 6.45) is -0.455. The Kier molecular flexibility index (Phi) is 3.39. The minimum Gasteiger partial charge on any atom is -0.389 e. The minimum atomic E-state index is -0.556. The predicted molar refractivity (Wildman–Crippen MR) is 65.8 cm³/mol. The molecule has 1 aromatic rings. The quantitative estimate of drug-likeness (QED) is 0.571. The maximum Gasteiger partial charge on any atom is 0.330 e. The third-order valence-corrected chi connectivity index (χ3v) is 2.91. The van der Waals surface area contributed by atoms with Gasteiger partial charge in [0.25, 0.3) is 5.56 Å². The van der Waals surface area contributed by atoms with Gasteiger partial charge in [-0.25, -0.2) is 4.79 Å². The lowest BCUT2D eigenvalue weighted by atomic mass is 10.1. The number of nitrogens with two attached hydrogens (primary N) is 1. The van der Waals surface area contributed by atoms with Gasteiger partial charge in [-0.3, -0.25) is 14.3 Å². The first-order valence-electron chi connectivity index (χ1n) is 5.59. The van der Waals surface area contributed by atoms with Crippen molar-refractivity contribution in [1.29, 1.82) is 0 Å². The zero-order valence-electron chi connectivity index (χ0n) is 10.0. The van der Waals surface area contributed by atoms with Gasteiger partial charge in [0.05, 0.1) is 19.3 Å². The van der Waals surface area contributed by atoms with Gasteiger partial charge in [-0.2, -0.15) is 0 Å². The molecule has 1 aromatic heterocycles. The van der Waals surface area contributed by atoms with Crippen molar-refractivity contribution in [3.63, 3.8) is 0 Å². The number of nitrogens with zero attached hydrogens (tertiary/aromatic N) is 2. The van der Waals surface area contributed by atoms with Crippen LogP contribution in [0.3, 0.4) is 0 Å². The van der Waals surface area contributed by atoms with Crippen molar-refractivity contribution < 1.29 is 9.84 Å². The Labute approximate surface area is 103 Å². The van der Waals surface area contributed by atoms with E-state index in [-0.39, 0.29) is 18.1 Å². The first kappa shape index (κ1) is 12.7. The van der Waals surface area contributed by atoms with Crippen molar-refractivity contribution >= 4 is 11.5 Å². The Bertz CT molecular complexity index is 544. The van der Waals surface area contributed by atoms with E-state index < -0.39 is 17.4 Å². The smallest absolute Gasteiger partial charge is 0.330 e. The standard InChI is InChI=1S/C10H16N4O4/c1-18-3-2-14-8(11)7(9(16)12-10(14)17)13-4-6(15)5-13/h6,15H,2-5,11H2,1H3,(H,12,16,17). The van der Waals surface area contributed by atoms with Gasteiger partial charge in [-0.15, -0.1) is 0 Å². The number of anilines is 2. The van der Waals surface area contributed by atoms with E-state index in [9.17, 15) is 14.7 Å². The molecule has 8 nitrogen and oxygen atoms in total. The van der Waals surface area contributed by atoms with Crippen molar-refractivity contribution in [2.75, 3.05) is 37.4 Å². The highest BCUT2D eigenvalue weighted by molar-refractivity contribution is 5.63. The first-order valence-corrected chi connectivity index (χ1v) is 5.59. The average molecular weight is 256 g/mol. The third-order valence-electron chi connectivity index (χ3n) is 2.91. The van der Waals surface area contributed by atoms with Gasteiger partial charge in [0.15, 0.2) is 0 Å². The molecule has 2 heterocycles. The van der Waals surface area contributed by atoms with E-state index in [1.165, 1.54) is 11.7 Å². The minimum absolute atomic E-state index is 0.104. The van der Waals surface area contributed by atoms with Crippen LogP contribution < -0.4 is 21.9 Å². The SMILES string of the molecule is COCCn1c(N)c(N2CC(O)C2)c(=O)[nH]c1=O.